The van der Waals surface area contributed by atoms with E-state index in [1.807, 2.05) is 0 Å². The van der Waals surface area contributed by atoms with E-state index in [-0.39, 0.29) is 117 Å². The molecule has 0 radical (unpaired) electrons. The van der Waals surface area contributed by atoms with Gasteiger partial charge in [0.1, 0.15) is 11.5 Å². The van der Waals surface area contributed by atoms with E-state index in [1.165, 1.54) is 0 Å². The summed E-state index contributed by atoms with van der Waals surface area (Å²) in [6.07, 6.45) is -11.6. The van der Waals surface area contributed by atoms with E-state index in [9.17, 15) is 41.2 Å². The molecular formula is C15H12B2F6K2O7. The van der Waals surface area contributed by atoms with Crippen LogP contribution in [0, 0.1) is 0 Å². The van der Waals surface area contributed by atoms with Gasteiger partial charge in [0.05, 0.1) is 0 Å². The van der Waals surface area contributed by atoms with Gasteiger partial charge in [0.2, 0.25) is 0 Å². The molecule has 0 aliphatic rings. The monoisotopic (exact) mass is 518 g/mol. The minimum absolute atomic E-state index is 0. The van der Waals surface area contributed by atoms with Crippen LogP contribution in [0.15, 0.2) is 48.5 Å². The zero-order valence-electron chi connectivity index (χ0n) is 18.5. The van der Waals surface area contributed by atoms with Crippen molar-refractivity contribution >= 4 is 31.3 Å². The fourth-order valence-electron chi connectivity index (χ4n) is 2.08. The van der Waals surface area contributed by atoms with Crippen molar-refractivity contribution in [1.82, 2.24) is 0 Å². The molecule has 32 heavy (non-hydrogen) atoms. The second-order valence-corrected chi connectivity index (χ2v) is 5.43. The predicted octanol–water partition coefficient (Wildman–Crippen LogP) is -4.05. The molecule has 0 aromatic heterocycles. The first-order valence-electron chi connectivity index (χ1n) is 7.77. The molecular weight excluding hydrogens is 506 g/mol. The van der Waals surface area contributed by atoms with Crippen LogP contribution in [0.1, 0.15) is 2.85 Å². The number of benzene rings is 2. The number of halogens is 6. The van der Waals surface area contributed by atoms with Crippen LogP contribution >= 0.6 is 0 Å². The van der Waals surface area contributed by atoms with E-state index in [0.29, 0.717) is 0 Å². The van der Waals surface area contributed by atoms with E-state index in [0.717, 1.165) is 48.5 Å². The van der Waals surface area contributed by atoms with Crippen LogP contribution in [0.2, 0.25) is 0 Å². The molecule has 0 fully saturated rings. The molecule has 0 saturated carbocycles. The summed E-state index contributed by atoms with van der Waals surface area (Å²) in [6, 6.07) is 7.71. The molecule has 2 rings (SSSR count). The number of alkyl halides is 6. The number of carbonyl (C=O) groups excluding carboxylic acids is 1. The SMILES string of the molecule is O=C(OB(O)c1cccc(OC(F)(F)F)c1)OB(O)c1cccc(OC(F)(F)F)c1.[H-].[H-].[K+].[K+]. The van der Waals surface area contributed by atoms with E-state index in [4.69, 9.17) is 0 Å². The van der Waals surface area contributed by atoms with Gasteiger partial charge in [-0.1, -0.05) is 24.3 Å². The number of rotatable bonds is 6. The van der Waals surface area contributed by atoms with Crippen molar-refractivity contribution in [2.45, 2.75) is 12.7 Å². The van der Waals surface area contributed by atoms with E-state index in [2.05, 4.69) is 18.8 Å². The van der Waals surface area contributed by atoms with Crippen LogP contribution in [0.25, 0.3) is 0 Å². The number of ether oxygens (including phenoxy) is 2. The second kappa shape index (κ2) is 13.9. The normalized spacial score (nSPS) is 10.8. The Bertz CT molecular complexity index is 829. The van der Waals surface area contributed by atoms with Gasteiger partial charge in [-0.25, -0.2) is 4.79 Å². The molecule has 0 heterocycles. The van der Waals surface area contributed by atoms with Gasteiger partial charge < -0.3 is 31.7 Å². The van der Waals surface area contributed by atoms with Crippen molar-refractivity contribution in [3.05, 3.63) is 48.5 Å². The molecule has 0 unspecified atom stereocenters. The first-order valence-corrected chi connectivity index (χ1v) is 7.77. The van der Waals surface area contributed by atoms with Crippen LogP contribution in [0.3, 0.4) is 0 Å². The maximum Gasteiger partial charge on any atom is 1.00 e. The third-order valence-electron chi connectivity index (χ3n) is 3.17. The predicted molar refractivity (Wildman–Crippen MR) is 91.3 cm³/mol. The average molecular weight is 518 g/mol. The minimum Gasteiger partial charge on any atom is -1.00 e. The smallest absolute Gasteiger partial charge is 1.00 e. The van der Waals surface area contributed by atoms with Crippen molar-refractivity contribution in [1.29, 1.82) is 0 Å². The summed E-state index contributed by atoms with van der Waals surface area (Å²) < 4.78 is 89.4. The topological polar surface area (TPSA) is 94.5 Å². The van der Waals surface area contributed by atoms with Gasteiger partial charge in [-0.2, -0.15) is 0 Å². The molecule has 0 aliphatic heterocycles. The maximum absolute atomic E-state index is 12.2. The van der Waals surface area contributed by atoms with Gasteiger partial charge in [-0.3, -0.25) is 0 Å². The molecule has 0 atom stereocenters. The van der Waals surface area contributed by atoms with Crippen LogP contribution in [0.4, 0.5) is 31.1 Å². The molecule has 2 aromatic rings. The molecule has 0 bridgehead atoms. The largest absolute Gasteiger partial charge is 1.00 e. The summed E-state index contributed by atoms with van der Waals surface area (Å²) in [5, 5.41) is 19.6. The van der Waals surface area contributed by atoms with E-state index < -0.39 is 44.6 Å². The third kappa shape index (κ3) is 12.1. The summed E-state index contributed by atoms with van der Waals surface area (Å²) in [5.41, 5.74) is -0.632. The standard InChI is InChI=1S/C15H10B2F6O7.2K.2H/c18-14(19,20)27-11-5-1-3-9(7-11)16(25)29-13(24)30-17(26)10-4-2-6-12(8-10)28-15(21,22)23;;;;/h1-8,25-26H;;;;/q;2*+1;2*-1. The Morgan fingerprint density at radius 2 is 1.09 bits per heavy atom. The summed E-state index contributed by atoms with van der Waals surface area (Å²) in [4.78, 5) is 11.7. The Hall–Kier alpha value is 0.213. The fourth-order valence-corrected chi connectivity index (χ4v) is 2.08. The zero-order chi connectivity index (χ0) is 22.5. The summed E-state index contributed by atoms with van der Waals surface area (Å²) in [5.74, 6) is -1.39. The van der Waals surface area contributed by atoms with Crippen LogP contribution < -0.4 is 123 Å². The van der Waals surface area contributed by atoms with Crippen molar-refractivity contribution in [3.8, 4) is 11.5 Å². The molecule has 7 nitrogen and oxygen atoms in total. The van der Waals surface area contributed by atoms with Gasteiger partial charge in [0.25, 0.3) is 0 Å². The first-order chi connectivity index (χ1) is 13.8. The third-order valence-corrected chi connectivity index (χ3v) is 3.17. The van der Waals surface area contributed by atoms with Crippen molar-refractivity contribution in [3.63, 3.8) is 0 Å². The summed E-state index contributed by atoms with van der Waals surface area (Å²) >= 11 is 0. The molecule has 0 amide bonds. The second-order valence-electron chi connectivity index (χ2n) is 5.43. The zero-order valence-corrected chi connectivity index (χ0v) is 22.7. The van der Waals surface area contributed by atoms with Gasteiger partial charge in [0.15, 0.2) is 0 Å². The quantitative estimate of drug-likeness (QED) is 0.297. The number of carbonyl (C=O) groups is 1. The van der Waals surface area contributed by atoms with Crippen molar-refractivity contribution in [2.75, 3.05) is 0 Å². The molecule has 164 valence electrons. The molecule has 17 heteroatoms. The van der Waals surface area contributed by atoms with Crippen LogP contribution in [-0.4, -0.2) is 43.2 Å². The van der Waals surface area contributed by atoms with Gasteiger partial charge in [-0.15, -0.1) is 26.3 Å². The number of hydrogen-bond donors (Lipinski definition) is 2. The Balaban J connectivity index is -0.00000240. The Labute approximate surface area is 265 Å². The van der Waals surface area contributed by atoms with Gasteiger partial charge in [-0.05, 0) is 24.3 Å². The van der Waals surface area contributed by atoms with Gasteiger partial charge in [0, 0.05) is 10.9 Å². The Morgan fingerprint density at radius 3 is 1.41 bits per heavy atom. The maximum atomic E-state index is 12.2. The molecule has 2 aromatic carbocycles. The van der Waals surface area contributed by atoms with Crippen LogP contribution in [-0.2, 0) is 9.31 Å². The average Bonchev–Trinajstić information content (AvgIpc) is 2.59. The van der Waals surface area contributed by atoms with E-state index >= 15 is 0 Å². The summed E-state index contributed by atoms with van der Waals surface area (Å²) in [7, 11) is -4.19. The van der Waals surface area contributed by atoms with Crippen molar-refractivity contribution < 1.29 is 166 Å². The minimum atomic E-state index is -4.99. The Morgan fingerprint density at radius 1 is 0.750 bits per heavy atom. The molecule has 0 aliphatic carbocycles. The van der Waals surface area contributed by atoms with Crippen LogP contribution in [0.5, 0.6) is 11.5 Å². The molecule has 2 N–H and O–H groups in total. The summed E-state index contributed by atoms with van der Waals surface area (Å²) in [6.45, 7) is 0. The van der Waals surface area contributed by atoms with E-state index in [1.54, 1.807) is 0 Å². The fraction of sp³-hybridized carbons (Fsp3) is 0.133. The number of hydrogen-bond acceptors (Lipinski definition) is 7. The Kier molecular flexibility index (Phi) is 14.0. The van der Waals surface area contributed by atoms with Gasteiger partial charge >= 0.3 is 136 Å². The molecule has 0 spiro atoms. The van der Waals surface area contributed by atoms with Crippen molar-refractivity contribution in [2.24, 2.45) is 0 Å². The molecule has 0 saturated heterocycles. The first kappa shape index (κ1) is 32.2.